The van der Waals surface area contributed by atoms with E-state index >= 15 is 0 Å². The quantitative estimate of drug-likeness (QED) is 0.212. The zero-order valence-corrected chi connectivity index (χ0v) is 21.3. The summed E-state index contributed by atoms with van der Waals surface area (Å²) in [6.45, 7) is 0.401. The standard InChI is InChI=1S/C26H27ClN6O5/c1-28-25(38)26-11-16(26)20(21(36)22(26)37)33-13-30-19-23(29-12-14-6-5-7-15(27)10-14)31-17(32-24(19)33)8-3-2-4-9-18(34)35/h5-7,10,13,16,20-22,36-37H,2,4,9,11-12H2,1H3,(H,28,38)(H,34,35)(H,29,31,32)/t16-,20?,21?,22?,26+/m1/s1. The molecule has 2 aliphatic rings. The molecule has 2 heterocycles. The van der Waals surface area contributed by atoms with Crippen molar-refractivity contribution >= 4 is 40.5 Å². The number of imidazole rings is 1. The van der Waals surface area contributed by atoms with E-state index in [1.54, 1.807) is 10.6 Å². The normalized spacial score (nSPS) is 25.4. The number of nitrogens with one attached hydrogen (secondary N) is 2. The van der Waals surface area contributed by atoms with Crippen LogP contribution in [0.2, 0.25) is 5.02 Å². The fourth-order valence-corrected chi connectivity index (χ4v) is 5.62. The number of aliphatic carboxylic acids is 1. The zero-order chi connectivity index (χ0) is 27.0. The number of aliphatic hydroxyl groups is 2. The Labute approximate surface area is 223 Å². The maximum atomic E-state index is 12.6. The first kappa shape index (κ1) is 25.9. The number of nitrogens with zero attached hydrogens (tertiary/aromatic N) is 4. The highest BCUT2D eigenvalue weighted by atomic mass is 35.5. The number of carbonyl (C=O) groups excluding carboxylic acids is 1. The van der Waals surface area contributed by atoms with E-state index in [0.29, 0.717) is 47.8 Å². The second kappa shape index (κ2) is 10.2. The number of halogens is 1. The molecule has 11 nitrogen and oxygen atoms in total. The molecule has 1 aromatic carbocycles. The number of amides is 1. The highest BCUT2D eigenvalue weighted by molar-refractivity contribution is 6.30. The SMILES string of the molecule is CNC(=O)[C@@]12C[C@@H]1C(n1cnc3c(NCc4cccc(Cl)c4)nc(C#CCCCC(=O)O)nc31)C(O)C2O. The number of anilines is 1. The van der Waals surface area contributed by atoms with Gasteiger partial charge in [-0.15, -0.1) is 0 Å². The first-order chi connectivity index (χ1) is 18.3. The number of carboxylic acids is 1. The highest BCUT2D eigenvalue weighted by Gasteiger charge is 2.75. The first-order valence-electron chi connectivity index (χ1n) is 12.3. The molecule has 2 fully saturated rings. The van der Waals surface area contributed by atoms with Crippen molar-refractivity contribution in [2.24, 2.45) is 11.3 Å². The van der Waals surface area contributed by atoms with E-state index in [0.717, 1.165) is 5.56 Å². The third kappa shape index (κ3) is 4.55. The maximum Gasteiger partial charge on any atom is 0.303 e. The van der Waals surface area contributed by atoms with Gasteiger partial charge in [-0.25, -0.2) is 15.0 Å². The van der Waals surface area contributed by atoms with Crippen molar-refractivity contribution in [1.82, 2.24) is 24.8 Å². The first-order valence-corrected chi connectivity index (χ1v) is 12.7. The minimum atomic E-state index is -1.22. The van der Waals surface area contributed by atoms with Gasteiger partial charge in [0, 0.05) is 37.4 Å². The number of aromatic nitrogens is 4. The summed E-state index contributed by atoms with van der Waals surface area (Å²) >= 11 is 6.12. The van der Waals surface area contributed by atoms with Gasteiger partial charge in [-0.3, -0.25) is 9.59 Å². The average molecular weight is 539 g/mol. The van der Waals surface area contributed by atoms with E-state index in [-0.39, 0.29) is 24.1 Å². The Morgan fingerprint density at radius 3 is 2.84 bits per heavy atom. The van der Waals surface area contributed by atoms with Crippen molar-refractivity contribution in [3.63, 3.8) is 0 Å². The zero-order valence-electron chi connectivity index (χ0n) is 20.6. The van der Waals surface area contributed by atoms with Gasteiger partial charge in [0.2, 0.25) is 11.7 Å². The van der Waals surface area contributed by atoms with Crippen molar-refractivity contribution in [2.45, 2.75) is 50.5 Å². The van der Waals surface area contributed by atoms with Crippen molar-refractivity contribution in [3.05, 3.63) is 47.0 Å². The second-order valence-corrected chi connectivity index (χ2v) is 10.0. The van der Waals surface area contributed by atoms with Crippen LogP contribution in [0.1, 0.15) is 43.1 Å². The lowest BCUT2D eigenvalue weighted by molar-refractivity contribution is -0.137. The monoisotopic (exact) mass is 538 g/mol. The number of hydrogen-bond donors (Lipinski definition) is 5. The second-order valence-electron chi connectivity index (χ2n) is 9.61. The number of benzene rings is 1. The molecule has 2 aromatic heterocycles. The summed E-state index contributed by atoms with van der Waals surface area (Å²) in [5.74, 6) is 4.97. The molecular formula is C26H27ClN6O5. The van der Waals surface area contributed by atoms with Crippen LogP contribution in [-0.4, -0.2) is 66.0 Å². The summed E-state index contributed by atoms with van der Waals surface area (Å²) in [7, 11) is 1.51. The smallest absolute Gasteiger partial charge is 0.303 e. The summed E-state index contributed by atoms with van der Waals surface area (Å²) in [4.78, 5) is 37.0. The lowest BCUT2D eigenvalue weighted by atomic mass is 9.98. The minimum absolute atomic E-state index is 0.0180. The number of aliphatic hydroxyl groups excluding tert-OH is 2. The van der Waals surface area contributed by atoms with E-state index in [1.165, 1.54) is 13.4 Å². The van der Waals surface area contributed by atoms with Crippen LogP contribution in [0.15, 0.2) is 30.6 Å². The van der Waals surface area contributed by atoms with Crippen LogP contribution in [0.3, 0.4) is 0 Å². The van der Waals surface area contributed by atoms with Gasteiger partial charge in [-0.1, -0.05) is 29.7 Å². The Bertz CT molecular complexity index is 1470. The molecule has 0 bridgehead atoms. The topological polar surface area (TPSA) is 162 Å². The van der Waals surface area contributed by atoms with Gasteiger partial charge < -0.3 is 30.5 Å². The van der Waals surface area contributed by atoms with Gasteiger partial charge in [0.1, 0.15) is 6.10 Å². The molecule has 2 aliphatic carbocycles. The molecule has 5 N–H and O–H groups in total. The minimum Gasteiger partial charge on any atom is -0.481 e. The Balaban J connectivity index is 1.50. The number of hydrogen-bond acceptors (Lipinski definition) is 8. The van der Waals surface area contributed by atoms with Crippen LogP contribution in [0.5, 0.6) is 0 Å². The van der Waals surface area contributed by atoms with E-state index in [2.05, 4.69) is 37.4 Å². The Morgan fingerprint density at radius 1 is 1.29 bits per heavy atom. The van der Waals surface area contributed by atoms with Crippen LogP contribution in [0, 0.1) is 23.2 Å². The Hall–Kier alpha value is -3.72. The fourth-order valence-electron chi connectivity index (χ4n) is 5.40. The summed E-state index contributed by atoms with van der Waals surface area (Å²) in [6.07, 6.45) is 0.353. The van der Waals surface area contributed by atoms with Crippen LogP contribution in [-0.2, 0) is 16.1 Å². The summed E-state index contributed by atoms with van der Waals surface area (Å²) in [5.41, 5.74) is 0.735. The van der Waals surface area contributed by atoms with Gasteiger partial charge in [-0.2, -0.15) is 0 Å². The highest BCUT2D eigenvalue weighted by Crippen LogP contribution is 2.67. The van der Waals surface area contributed by atoms with E-state index < -0.39 is 29.6 Å². The number of fused-ring (bicyclic) bond motifs is 2. The molecule has 3 unspecified atom stereocenters. The lowest BCUT2D eigenvalue weighted by Crippen LogP contribution is -2.41. The van der Waals surface area contributed by atoms with Crippen molar-refractivity contribution in [2.75, 3.05) is 12.4 Å². The van der Waals surface area contributed by atoms with Gasteiger partial charge in [0.25, 0.3) is 0 Å². The summed E-state index contributed by atoms with van der Waals surface area (Å²) in [6, 6.07) is 6.76. The van der Waals surface area contributed by atoms with E-state index in [1.807, 2.05) is 18.2 Å². The fraction of sp³-hybridized carbons (Fsp3) is 0.423. The number of carbonyl (C=O) groups is 2. The van der Waals surface area contributed by atoms with Gasteiger partial charge in [0.15, 0.2) is 17.0 Å². The van der Waals surface area contributed by atoms with Crippen molar-refractivity contribution in [1.29, 1.82) is 0 Å². The number of rotatable bonds is 8. The maximum absolute atomic E-state index is 12.6. The molecule has 38 heavy (non-hydrogen) atoms. The molecule has 5 atom stereocenters. The molecule has 2 saturated carbocycles. The van der Waals surface area contributed by atoms with Crippen LogP contribution in [0.4, 0.5) is 5.82 Å². The van der Waals surface area contributed by atoms with E-state index in [4.69, 9.17) is 16.7 Å². The molecule has 5 rings (SSSR count). The summed E-state index contributed by atoms with van der Waals surface area (Å²) < 4.78 is 1.69. The molecule has 0 saturated heterocycles. The van der Waals surface area contributed by atoms with Gasteiger partial charge in [-0.05, 0) is 36.5 Å². The molecule has 198 valence electrons. The van der Waals surface area contributed by atoms with E-state index in [9.17, 15) is 19.8 Å². The summed E-state index contributed by atoms with van der Waals surface area (Å²) in [5, 5.41) is 37.0. The molecule has 0 radical (unpaired) electrons. The van der Waals surface area contributed by atoms with Crippen LogP contribution < -0.4 is 10.6 Å². The average Bonchev–Trinajstić information content (AvgIpc) is 3.43. The van der Waals surface area contributed by atoms with Crippen LogP contribution in [0.25, 0.3) is 11.2 Å². The van der Waals surface area contributed by atoms with Crippen molar-refractivity contribution < 1.29 is 24.9 Å². The lowest BCUT2D eigenvalue weighted by Gasteiger charge is -2.23. The third-order valence-electron chi connectivity index (χ3n) is 7.31. The molecule has 0 spiro atoms. The predicted molar refractivity (Wildman–Crippen MR) is 138 cm³/mol. The molecule has 3 aromatic rings. The Kier molecular flexibility index (Phi) is 6.96. The third-order valence-corrected chi connectivity index (χ3v) is 7.54. The molecule has 12 heteroatoms. The van der Waals surface area contributed by atoms with Gasteiger partial charge in [0.05, 0.1) is 23.9 Å². The largest absolute Gasteiger partial charge is 0.481 e. The number of carboxylic acid groups (broad SMARTS) is 1. The molecular weight excluding hydrogens is 512 g/mol. The van der Waals surface area contributed by atoms with Crippen molar-refractivity contribution in [3.8, 4) is 11.8 Å². The van der Waals surface area contributed by atoms with Gasteiger partial charge >= 0.3 is 5.97 Å². The molecule has 1 amide bonds. The predicted octanol–water partition coefficient (Wildman–Crippen LogP) is 1.73. The van der Waals surface area contributed by atoms with Crippen LogP contribution >= 0.6 is 11.6 Å². The molecule has 0 aliphatic heterocycles. The Morgan fingerprint density at radius 2 is 2.11 bits per heavy atom. The number of unbranched alkanes of at least 4 members (excludes halogenated alkanes) is 1.